The molecule has 0 heterocycles. The van der Waals surface area contributed by atoms with Crippen LogP contribution in [0.4, 0.5) is 0 Å². The maximum absolute atomic E-state index is 12.4. The third-order valence-corrected chi connectivity index (χ3v) is 8.40. The van der Waals surface area contributed by atoms with E-state index in [1.165, 1.54) is 64.2 Å². The van der Waals surface area contributed by atoms with Gasteiger partial charge in [-0.05, 0) is 58.5 Å². The Morgan fingerprint density at radius 2 is 0.978 bits per heavy atom. The molecule has 8 nitrogen and oxygen atoms in total. The van der Waals surface area contributed by atoms with Crippen molar-refractivity contribution in [3.8, 4) is 0 Å². The fraction of sp³-hybridized carbons (Fsp3) is 0.947. The van der Waals surface area contributed by atoms with E-state index in [0.29, 0.717) is 52.2 Å². The standard InChI is InChI=1S/C38H75NO7/c1-4-7-9-11-17-24-34-45-38(46-35-25-18-12-10-8-5-2)28-27-37(42)44-33-23-19-16-22-30-39(31-32-40)29-21-15-13-14-20-26-36(41)43-6-3/h38,40H,4-35H2,1-3H3. The molecular weight excluding hydrogens is 582 g/mol. The van der Waals surface area contributed by atoms with Crippen molar-refractivity contribution in [2.24, 2.45) is 0 Å². The summed E-state index contributed by atoms with van der Waals surface area (Å²) in [5.41, 5.74) is 0. The Morgan fingerprint density at radius 1 is 0.522 bits per heavy atom. The molecule has 0 spiro atoms. The summed E-state index contributed by atoms with van der Waals surface area (Å²) in [6, 6.07) is 0. The second-order valence-electron chi connectivity index (χ2n) is 12.8. The number of ether oxygens (including phenoxy) is 4. The smallest absolute Gasteiger partial charge is 0.305 e. The van der Waals surface area contributed by atoms with Gasteiger partial charge in [0.05, 0.1) is 26.2 Å². The molecule has 0 rings (SSSR count). The van der Waals surface area contributed by atoms with Crippen LogP contribution in [0.1, 0.15) is 175 Å². The van der Waals surface area contributed by atoms with E-state index in [1.54, 1.807) is 0 Å². The summed E-state index contributed by atoms with van der Waals surface area (Å²) in [5.74, 6) is -0.252. The van der Waals surface area contributed by atoms with Gasteiger partial charge >= 0.3 is 11.9 Å². The molecule has 0 aromatic carbocycles. The minimum Gasteiger partial charge on any atom is -0.466 e. The number of rotatable bonds is 37. The van der Waals surface area contributed by atoms with Crippen LogP contribution in [-0.2, 0) is 28.5 Å². The topological polar surface area (TPSA) is 94.5 Å². The summed E-state index contributed by atoms with van der Waals surface area (Å²) in [5, 5.41) is 9.44. The average molecular weight is 658 g/mol. The van der Waals surface area contributed by atoms with Crippen LogP contribution in [0, 0.1) is 0 Å². The van der Waals surface area contributed by atoms with Crippen LogP contribution < -0.4 is 0 Å². The lowest BCUT2D eigenvalue weighted by Crippen LogP contribution is -2.29. The Balaban J connectivity index is 4.04. The van der Waals surface area contributed by atoms with E-state index in [9.17, 15) is 14.7 Å². The Morgan fingerprint density at radius 3 is 1.50 bits per heavy atom. The number of unbranched alkanes of at least 4 members (excludes halogenated alkanes) is 17. The molecule has 0 amide bonds. The van der Waals surface area contributed by atoms with Crippen molar-refractivity contribution in [3.63, 3.8) is 0 Å². The molecule has 46 heavy (non-hydrogen) atoms. The van der Waals surface area contributed by atoms with Gasteiger partial charge in [0.2, 0.25) is 0 Å². The summed E-state index contributed by atoms with van der Waals surface area (Å²) in [4.78, 5) is 26.2. The Kier molecular flexibility index (Phi) is 35.6. The number of nitrogens with zero attached hydrogens (tertiary/aromatic N) is 1. The first-order chi connectivity index (χ1) is 22.6. The number of aliphatic hydroxyl groups excluding tert-OH is 1. The van der Waals surface area contributed by atoms with Crippen LogP contribution in [0.2, 0.25) is 0 Å². The first-order valence-electron chi connectivity index (χ1n) is 19.4. The summed E-state index contributed by atoms with van der Waals surface area (Å²) in [6.45, 7) is 11.5. The van der Waals surface area contributed by atoms with E-state index in [4.69, 9.17) is 18.9 Å². The predicted octanol–water partition coefficient (Wildman–Crippen LogP) is 9.15. The van der Waals surface area contributed by atoms with Crippen molar-refractivity contribution < 1.29 is 33.6 Å². The molecule has 0 aromatic rings. The lowest BCUT2D eigenvalue weighted by atomic mass is 10.1. The molecule has 0 fully saturated rings. The minimum absolute atomic E-state index is 0.0909. The highest BCUT2D eigenvalue weighted by Gasteiger charge is 2.13. The Labute approximate surface area is 284 Å². The van der Waals surface area contributed by atoms with Crippen LogP contribution in [0.15, 0.2) is 0 Å². The lowest BCUT2D eigenvalue weighted by molar-refractivity contribution is -0.159. The second-order valence-corrected chi connectivity index (χ2v) is 12.8. The van der Waals surface area contributed by atoms with Crippen molar-refractivity contribution in [1.29, 1.82) is 0 Å². The van der Waals surface area contributed by atoms with Gasteiger partial charge in [-0.15, -0.1) is 0 Å². The van der Waals surface area contributed by atoms with Gasteiger partial charge in [0.15, 0.2) is 6.29 Å². The van der Waals surface area contributed by atoms with Gasteiger partial charge in [-0.3, -0.25) is 9.59 Å². The second kappa shape index (κ2) is 36.6. The molecule has 8 heteroatoms. The monoisotopic (exact) mass is 658 g/mol. The van der Waals surface area contributed by atoms with Crippen molar-refractivity contribution in [2.45, 2.75) is 181 Å². The number of hydrogen-bond acceptors (Lipinski definition) is 8. The molecule has 0 bridgehead atoms. The summed E-state index contributed by atoms with van der Waals surface area (Å²) < 4.78 is 22.6. The molecule has 0 unspecified atom stereocenters. The third-order valence-electron chi connectivity index (χ3n) is 8.40. The summed E-state index contributed by atoms with van der Waals surface area (Å²) in [6.07, 6.45) is 25.2. The number of carbonyl (C=O) groups is 2. The highest BCUT2D eigenvalue weighted by Crippen LogP contribution is 2.13. The Hall–Kier alpha value is -1.22. The molecule has 0 saturated carbocycles. The molecule has 0 aliphatic rings. The van der Waals surface area contributed by atoms with E-state index < -0.39 is 0 Å². The van der Waals surface area contributed by atoms with E-state index in [0.717, 1.165) is 83.7 Å². The van der Waals surface area contributed by atoms with E-state index in [1.807, 2.05) is 6.92 Å². The number of esters is 2. The average Bonchev–Trinajstić information content (AvgIpc) is 3.05. The van der Waals surface area contributed by atoms with Gasteiger partial charge in [-0.1, -0.05) is 110 Å². The number of carbonyl (C=O) groups excluding carboxylic acids is 2. The van der Waals surface area contributed by atoms with Crippen LogP contribution in [0.25, 0.3) is 0 Å². The molecule has 0 radical (unpaired) electrons. The van der Waals surface area contributed by atoms with Gasteiger partial charge in [0.25, 0.3) is 0 Å². The van der Waals surface area contributed by atoms with Crippen LogP contribution >= 0.6 is 0 Å². The first-order valence-corrected chi connectivity index (χ1v) is 19.4. The minimum atomic E-state index is -0.322. The highest BCUT2D eigenvalue weighted by molar-refractivity contribution is 5.69. The summed E-state index contributed by atoms with van der Waals surface area (Å²) in [7, 11) is 0. The van der Waals surface area contributed by atoms with Gasteiger partial charge in [0, 0.05) is 32.6 Å². The maximum Gasteiger partial charge on any atom is 0.305 e. The van der Waals surface area contributed by atoms with E-state index in [-0.39, 0.29) is 24.8 Å². The van der Waals surface area contributed by atoms with Crippen molar-refractivity contribution >= 4 is 11.9 Å². The molecule has 0 aliphatic heterocycles. The van der Waals surface area contributed by atoms with Crippen LogP contribution in [0.5, 0.6) is 0 Å². The van der Waals surface area contributed by atoms with Crippen LogP contribution in [-0.4, -0.2) is 80.9 Å². The van der Waals surface area contributed by atoms with Crippen LogP contribution in [0.3, 0.4) is 0 Å². The predicted molar refractivity (Wildman–Crippen MR) is 189 cm³/mol. The zero-order valence-electron chi connectivity index (χ0n) is 30.5. The zero-order valence-corrected chi connectivity index (χ0v) is 30.5. The largest absolute Gasteiger partial charge is 0.466 e. The van der Waals surface area contributed by atoms with Gasteiger partial charge in [-0.2, -0.15) is 0 Å². The molecule has 0 atom stereocenters. The third kappa shape index (κ3) is 32.7. The fourth-order valence-electron chi connectivity index (χ4n) is 5.54. The Bertz CT molecular complexity index is 631. The molecule has 0 aliphatic carbocycles. The molecule has 0 saturated heterocycles. The molecule has 1 N–H and O–H groups in total. The number of aliphatic hydroxyl groups is 1. The van der Waals surface area contributed by atoms with Crippen molar-refractivity contribution in [1.82, 2.24) is 4.90 Å². The SMILES string of the molecule is CCCCCCCCOC(CCC(=O)OCCCCCCN(CCO)CCCCCCCC(=O)OCC)OCCCCCCCC. The molecule has 0 aromatic heterocycles. The van der Waals surface area contributed by atoms with E-state index >= 15 is 0 Å². The van der Waals surface area contributed by atoms with Gasteiger partial charge in [-0.25, -0.2) is 0 Å². The van der Waals surface area contributed by atoms with Crippen molar-refractivity contribution in [3.05, 3.63) is 0 Å². The van der Waals surface area contributed by atoms with Gasteiger partial charge in [0.1, 0.15) is 0 Å². The zero-order chi connectivity index (χ0) is 33.8. The fourth-order valence-corrected chi connectivity index (χ4v) is 5.54. The number of hydrogen-bond donors (Lipinski definition) is 1. The van der Waals surface area contributed by atoms with E-state index in [2.05, 4.69) is 18.7 Å². The normalized spacial score (nSPS) is 11.5. The van der Waals surface area contributed by atoms with Gasteiger partial charge < -0.3 is 29.0 Å². The lowest BCUT2D eigenvalue weighted by Gasteiger charge is -2.21. The summed E-state index contributed by atoms with van der Waals surface area (Å²) >= 11 is 0. The maximum atomic E-state index is 12.4. The molecular formula is C38H75NO7. The van der Waals surface area contributed by atoms with Crippen molar-refractivity contribution in [2.75, 3.05) is 52.7 Å². The highest BCUT2D eigenvalue weighted by atomic mass is 16.7. The quantitative estimate of drug-likeness (QED) is 0.0402. The first kappa shape index (κ1) is 44.8. The molecule has 274 valence electrons.